The van der Waals surface area contributed by atoms with E-state index in [9.17, 15) is 9.90 Å². The van der Waals surface area contributed by atoms with E-state index in [1.165, 1.54) is 0 Å². The second kappa shape index (κ2) is 5.16. The fourth-order valence-corrected chi connectivity index (χ4v) is 1.81. The summed E-state index contributed by atoms with van der Waals surface area (Å²) in [6.45, 7) is 5.68. The van der Waals surface area contributed by atoms with E-state index in [2.05, 4.69) is 15.6 Å². The molecule has 1 aromatic rings. The highest BCUT2D eigenvalue weighted by Gasteiger charge is 2.31. The lowest BCUT2D eigenvalue weighted by molar-refractivity contribution is 0.0244. The van der Waals surface area contributed by atoms with Crippen molar-refractivity contribution < 1.29 is 14.6 Å². The second-order valence-electron chi connectivity index (χ2n) is 5.76. The van der Waals surface area contributed by atoms with Crippen LogP contribution in [0.4, 0.5) is 4.79 Å². The monoisotopic (exact) mass is 268 g/mol. The molecule has 0 aromatic carbocycles. The average Bonchev–Trinajstić information content (AvgIpc) is 2.70. The fourth-order valence-electron chi connectivity index (χ4n) is 1.81. The van der Waals surface area contributed by atoms with Gasteiger partial charge >= 0.3 is 6.09 Å². The van der Waals surface area contributed by atoms with Crippen LogP contribution in [0, 0.1) is 0 Å². The van der Waals surface area contributed by atoms with Crippen LogP contribution < -0.4 is 5.32 Å². The summed E-state index contributed by atoms with van der Waals surface area (Å²) in [5, 5.41) is 20.1. The van der Waals surface area contributed by atoms with Crippen LogP contribution in [-0.2, 0) is 11.3 Å². The van der Waals surface area contributed by atoms with E-state index in [0.717, 1.165) is 12.8 Å². The Labute approximate surface area is 111 Å². The Bertz CT molecular complexity index is 452. The second-order valence-corrected chi connectivity index (χ2v) is 5.76. The molecule has 106 valence electrons. The molecule has 1 amide bonds. The van der Waals surface area contributed by atoms with E-state index < -0.39 is 11.7 Å². The van der Waals surface area contributed by atoms with Crippen molar-refractivity contribution in [1.82, 2.24) is 20.3 Å². The normalized spacial score (nSPS) is 22.7. The number of nitrogens with zero attached hydrogens (tertiary/aromatic N) is 3. The van der Waals surface area contributed by atoms with Crippen LogP contribution in [0.15, 0.2) is 6.20 Å². The van der Waals surface area contributed by atoms with Gasteiger partial charge in [0, 0.05) is 0 Å². The number of carbonyl (C=O) groups excluding carboxylic acids is 1. The number of ether oxygens (including phenoxy) is 1. The molecule has 0 bridgehead atoms. The fraction of sp³-hybridized carbons (Fsp3) is 0.750. The van der Waals surface area contributed by atoms with Crippen LogP contribution in [0.1, 0.15) is 45.3 Å². The maximum Gasteiger partial charge on any atom is 0.407 e. The summed E-state index contributed by atoms with van der Waals surface area (Å²) >= 11 is 0. The highest BCUT2D eigenvalue weighted by molar-refractivity contribution is 5.67. The third-order valence-electron chi connectivity index (χ3n) is 2.91. The predicted octanol–water partition coefficient (Wildman–Crippen LogP) is 0.999. The molecule has 2 atom stereocenters. The first-order valence-electron chi connectivity index (χ1n) is 6.41. The van der Waals surface area contributed by atoms with Crippen molar-refractivity contribution in [3.63, 3.8) is 0 Å². The molecular formula is C12H20N4O3. The highest BCUT2D eigenvalue weighted by Crippen LogP contribution is 2.31. The Morgan fingerprint density at radius 1 is 1.58 bits per heavy atom. The van der Waals surface area contributed by atoms with Crippen LogP contribution in [0.2, 0.25) is 0 Å². The molecule has 1 aromatic heterocycles. The molecule has 7 nitrogen and oxygen atoms in total. The van der Waals surface area contributed by atoms with Gasteiger partial charge in [0.25, 0.3) is 0 Å². The molecule has 1 heterocycles. The Morgan fingerprint density at radius 2 is 2.32 bits per heavy atom. The van der Waals surface area contributed by atoms with Crippen molar-refractivity contribution in [2.24, 2.45) is 0 Å². The minimum absolute atomic E-state index is 0.0165. The van der Waals surface area contributed by atoms with Gasteiger partial charge in [-0.25, -0.2) is 9.48 Å². The molecule has 2 N–H and O–H groups in total. The van der Waals surface area contributed by atoms with E-state index in [1.54, 1.807) is 31.6 Å². The zero-order valence-corrected chi connectivity index (χ0v) is 11.5. The van der Waals surface area contributed by atoms with Gasteiger partial charge in [0.2, 0.25) is 0 Å². The number of aliphatic hydroxyl groups excluding tert-OH is 1. The lowest BCUT2D eigenvalue weighted by Gasteiger charge is -2.31. The van der Waals surface area contributed by atoms with E-state index in [4.69, 9.17) is 4.74 Å². The Balaban J connectivity index is 1.82. The molecule has 0 spiro atoms. The van der Waals surface area contributed by atoms with Gasteiger partial charge in [-0.15, -0.1) is 5.10 Å². The molecule has 0 aliphatic heterocycles. The summed E-state index contributed by atoms with van der Waals surface area (Å²) in [6, 6.07) is 0.0165. The van der Waals surface area contributed by atoms with E-state index in [-0.39, 0.29) is 18.7 Å². The summed E-state index contributed by atoms with van der Waals surface area (Å²) in [5.41, 5.74) is 0.127. The number of amides is 1. The zero-order chi connectivity index (χ0) is 14.0. The zero-order valence-electron chi connectivity index (χ0n) is 11.5. The predicted molar refractivity (Wildman–Crippen MR) is 67.4 cm³/mol. The van der Waals surface area contributed by atoms with E-state index in [0.29, 0.717) is 5.69 Å². The van der Waals surface area contributed by atoms with Gasteiger partial charge in [0.1, 0.15) is 11.3 Å². The number of alkyl carbamates (subject to hydrolysis) is 1. The summed E-state index contributed by atoms with van der Waals surface area (Å²) in [5.74, 6) is 0. The van der Waals surface area contributed by atoms with Gasteiger partial charge in [0.05, 0.1) is 24.9 Å². The summed E-state index contributed by atoms with van der Waals surface area (Å²) < 4.78 is 6.77. The third-order valence-corrected chi connectivity index (χ3v) is 2.91. The summed E-state index contributed by atoms with van der Waals surface area (Å²) in [4.78, 5) is 11.5. The van der Waals surface area contributed by atoms with Crippen molar-refractivity contribution in [2.75, 3.05) is 0 Å². The van der Waals surface area contributed by atoms with Crippen molar-refractivity contribution in [3.05, 3.63) is 11.9 Å². The topological polar surface area (TPSA) is 89.3 Å². The van der Waals surface area contributed by atoms with Crippen LogP contribution >= 0.6 is 0 Å². The molecule has 1 saturated carbocycles. The molecule has 1 fully saturated rings. The molecular weight excluding hydrogens is 248 g/mol. The SMILES string of the molecule is CC(C)(C)OC(=O)NCc1cn(C2CCC2O)nn1. The number of nitrogens with one attached hydrogen (secondary N) is 1. The lowest BCUT2D eigenvalue weighted by Crippen LogP contribution is -2.34. The minimum atomic E-state index is -0.516. The van der Waals surface area contributed by atoms with Crippen LogP contribution in [0.25, 0.3) is 0 Å². The van der Waals surface area contributed by atoms with E-state index in [1.807, 2.05) is 0 Å². The largest absolute Gasteiger partial charge is 0.444 e. The third kappa shape index (κ3) is 3.66. The first-order valence-corrected chi connectivity index (χ1v) is 6.41. The maximum atomic E-state index is 11.5. The van der Waals surface area contributed by atoms with Gasteiger partial charge in [-0.05, 0) is 33.6 Å². The number of hydrogen-bond acceptors (Lipinski definition) is 5. The molecule has 0 saturated heterocycles. The smallest absolute Gasteiger partial charge is 0.407 e. The first kappa shape index (κ1) is 13.8. The molecule has 2 rings (SSSR count). The van der Waals surface area contributed by atoms with Crippen LogP contribution in [-0.4, -0.2) is 37.9 Å². The molecule has 2 unspecified atom stereocenters. The maximum absolute atomic E-state index is 11.5. The summed E-state index contributed by atoms with van der Waals surface area (Å²) in [7, 11) is 0. The number of aromatic nitrogens is 3. The Hall–Kier alpha value is -1.63. The van der Waals surface area contributed by atoms with Crippen molar-refractivity contribution in [3.8, 4) is 0 Å². The highest BCUT2D eigenvalue weighted by atomic mass is 16.6. The molecule has 19 heavy (non-hydrogen) atoms. The van der Waals surface area contributed by atoms with Gasteiger partial charge in [0.15, 0.2) is 0 Å². The molecule has 7 heteroatoms. The molecule has 0 radical (unpaired) electrons. The Morgan fingerprint density at radius 3 is 2.84 bits per heavy atom. The number of hydrogen-bond donors (Lipinski definition) is 2. The van der Waals surface area contributed by atoms with Crippen LogP contribution in [0.5, 0.6) is 0 Å². The van der Waals surface area contributed by atoms with Gasteiger partial charge in [-0.1, -0.05) is 5.21 Å². The minimum Gasteiger partial charge on any atom is -0.444 e. The van der Waals surface area contributed by atoms with Crippen molar-refractivity contribution >= 4 is 6.09 Å². The number of rotatable bonds is 3. The van der Waals surface area contributed by atoms with Gasteiger partial charge in [-0.3, -0.25) is 0 Å². The quantitative estimate of drug-likeness (QED) is 0.853. The summed E-state index contributed by atoms with van der Waals surface area (Å²) in [6.07, 6.45) is 2.63. The first-order chi connectivity index (χ1) is 8.85. The van der Waals surface area contributed by atoms with Gasteiger partial charge < -0.3 is 15.2 Å². The lowest BCUT2D eigenvalue weighted by atomic mass is 9.89. The molecule has 1 aliphatic rings. The van der Waals surface area contributed by atoms with Crippen molar-refractivity contribution in [2.45, 2.75) is 57.9 Å². The molecule has 1 aliphatic carbocycles. The Kier molecular flexibility index (Phi) is 3.75. The number of carbonyl (C=O) groups is 1. The van der Waals surface area contributed by atoms with Crippen LogP contribution in [0.3, 0.4) is 0 Å². The standard InChI is InChI=1S/C12H20N4O3/c1-12(2,3)19-11(18)13-6-8-7-16(15-14-8)9-4-5-10(9)17/h7,9-10,17H,4-6H2,1-3H3,(H,13,18). The van der Waals surface area contributed by atoms with Gasteiger partial charge in [-0.2, -0.15) is 0 Å². The van der Waals surface area contributed by atoms with Crippen molar-refractivity contribution in [1.29, 1.82) is 0 Å². The van der Waals surface area contributed by atoms with E-state index >= 15 is 0 Å². The average molecular weight is 268 g/mol. The number of aliphatic hydroxyl groups is 1.